The fourth-order valence-electron chi connectivity index (χ4n) is 0.270. The molecule has 0 rings (SSSR count). The molecule has 0 radical (unpaired) electrons. The number of nitriles is 1. The third-order valence-electron chi connectivity index (χ3n) is 0.805. The molecule has 0 aromatic heterocycles. The topological polar surface area (TPSA) is 244 Å². The molecule has 0 spiro atoms. The Hall–Kier alpha value is -1.42. The maximum atomic E-state index is 9.77. The number of carboxylic acids is 2. The Morgan fingerprint density at radius 3 is 1.19 bits per heavy atom. The Balaban J connectivity index is -0.0000000606. The van der Waals surface area contributed by atoms with Gasteiger partial charge in [0.1, 0.15) is 5.40 Å². The molecule has 10 nitrogen and oxygen atoms in total. The van der Waals surface area contributed by atoms with Gasteiger partial charge in [-0.2, -0.15) is 5.26 Å². The lowest BCUT2D eigenvalue weighted by Crippen LogP contribution is -2.39. The molecule has 13 N–H and O–H groups in total. The molecular weight excluding hydrogens is 244 g/mol. The summed E-state index contributed by atoms with van der Waals surface area (Å²) in [5, 5.41) is 41.2. The number of rotatable bonds is 3. The summed E-state index contributed by atoms with van der Waals surface area (Å²) in [6, 6.07) is 0. The van der Waals surface area contributed by atoms with E-state index in [1.165, 1.54) is 5.40 Å². The van der Waals surface area contributed by atoms with Crippen molar-refractivity contribution in [2.45, 2.75) is 12.2 Å². The van der Waals surface area contributed by atoms with Crippen molar-refractivity contribution in [3.05, 3.63) is 0 Å². The van der Waals surface area contributed by atoms with E-state index in [1.54, 1.807) is 0 Å². The van der Waals surface area contributed by atoms with Gasteiger partial charge in [0.25, 0.3) is 0 Å². The van der Waals surface area contributed by atoms with Gasteiger partial charge in [-0.15, -0.1) is 0 Å². The number of thiol groups is 1. The van der Waals surface area contributed by atoms with E-state index in [1.807, 2.05) is 0 Å². The predicted octanol–water partition coefficient (Wildman–Crippen LogP) is -1.24. The normalized spacial score (nSPS) is 10.4. The highest BCUT2D eigenvalue weighted by atomic mass is 32.1. The molecule has 16 heavy (non-hydrogen) atoms. The molecule has 0 aromatic rings. The van der Waals surface area contributed by atoms with Crippen molar-refractivity contribution in [1.82, 2.24) is 18.5 Å². The number of nitrogens with zero attached hydrogens (tertiary/aromatic N) is 1. The molecule has 0 amide bonds. The quantitative estimate of drug-likeness (QED) is 0.221. The Bertz CT molecular complexity index is 213. The third-order valence-corrected chi connectivity index (χ3v) is 0.805. The van der Waals surface area contributed by atoms with E-state index in [2.05, 4.69) is 12.6 Å². The van der Waals surface area contributed by atoms with Crippen molar-refractivity contribution in [1.29, 1.82) is 5.26 Å². The van der Waals surface area contributed by atoms with E-state index in [0.29, 0.717) is 0 Å². The van der Waals surface area contributed by atoms with Crippen LogP contribution in [0.3, 0.4) is 0 Å². The summed E-state index contributed by atoms with van der Waals surface area (Å²) >= 11 is 3.09. The highest BCUT2D eigenvalue weighted by Gasteiger charge is 2.29. The van der Waals surface area contributed by atoms with Crippen LogP contribution >= 0.6 is 12.6 Å². The van der Waals surface area contributed by atoms with Gasteiger partial charge in [-0.25, -0.2) is 9.59 Å². The van der Waals surface area contributed by atoms with Gasteiger partial charge in [0.05, 0.1) is 0 Å². The molecule has 0 fully saturated rings. The molecule has 0 saturated heterocycles. The van der Waals surface area contributed by atoms with Crippen LogP contribution in [-0.4, -0.2) is 44.6 Å². The zero-order chi connectivity index (χ0) is 11.0. The van der Waals surface area contributed by atoms with Crippen LogP contribution in [-0.2, 0) is 9.59 Å². The summed E-state index contributed by atoms with van der Waals surface area (Å²) in [5.41, 5.74) is 0. The van der Waals surface area contributed by atoms with Crippen LogP contribution in [0.15, 0.2) is 0 Å². The highest BCUT2D eigenvalue weighted by molar-refractivity contribution is 7.85. The van der Waals surface area contributed by atoms with Crippen LogP contribution < -0.4 is 18.5 Å². The summed E-state index contributed by atoms with van der Waals surface area (Å²) in [7, 11) is 0. The first-order valence-electron chi connectivity index (χ1n) is 2.73. The number of carbonyl (C=O) groups is 2. The van der Waals surface area contributed by atoms with Crippen LogP contribution in [0.1, 0.15) is 0 Å². The first kappa shape index (κ1) is 29.3. The lowest BCUT2D eigenvalue weighted by atomic mass is 10.2. The lowest BCUT2D eigenvalue weighted by Gasteiger charge is -2.07. The summed E-state index contributed by atoms with van der Waals surface area (Å²) in [6.45, 7) is 0. The predicted molar refractivity (Wildman–Crippen MR) is 57.0 cm³/mol. The second-order valence-corrected chi connectivity index (χ2v) is 1.87. The number of hydrogen-bond donors (Lipinski definition) is 8. The minimum atomic E-state index is -2.27. The van der Waals surface area contributed by atoms with E-state index >= 15 is 0 Å². The molecule has 2 unspecified atom stereocenters. The van der Waals surface area contributed by atoms with E-state index in [9.17, 15) is 9.59 Å². The maximum Gasteiger partial charge on any atom is 0.335 e. The SMILES string of the molecule is N.N.N.N#CS.O=C(O)C(O)C(O)C(=O)O. The fraction of sp³-hybridized carbons (Fsp3) is 0.400. The minimum Gasteiger partial charge on any atom is -0.479 e. The second-order valence-electron chi connectivity index (χ2n) is 1.67. The number of carboxylic acid groups (broad SMARTS) is 2. The fourth-order valence-corrected chi connectivity index (χ4v) is 0.270. The number of hydrogen-bond acceptors (Lipinski definition) is 9. The minimum absolute atomic E-state index is 0. The average molecular weight is 260 g/mol. The summed E-state index contributed by atoms with van der Waals surface area (Å²) < 4.78 is 0. The number of aliphatic carboxylic acids is 2. The van der Waals surface area contributed by atoms with Gasteiger partial charge in [-0.05, 0) is 0 Å². The van der Waals surface area contributed by atoms with Crippen LogP contribution in [0.4, 0.5) is 0 Å². The number of aliphatic hydroxyl groups is 2. The summed E-state index contributed by atoms with van der Waals surface area (Å²) in [4.78, 5) is 19.5. The average Bonchev–Trinajstić information content (AvgIpc) is 2.03. The van der Waals surface area contributed by atoms with E-state index in [-0.39, 0.29) is 18.5 Å². The van der Waals surface area contributed by atoms with Gasteiger partial charge in [0.15, 0.2) is 12.2 Å². The first-order chi connectivity index (χ1) is 5.88. The van der Waals surface area contributed by atoms with E-state index < -0.39 is 24.1 Å². The van der Waals surface area contributed by atoms with Crippen LogP contribution in [0.2, 0.25) is 0 Å². The largest absolute Gasteiger partial charge is 0.479 e. The van der Waals surface area contributed by atoms with Crippen molar-refractivity contribution in [2.75, 3.05) is 0 Å². The molecule has 11 heteroatoms. The monoisotopic (exact) mass is 260 g/mol. The molecule has 0 aliphatic rings. The summed E-state index contributed by atoms with van der Waals surface area (Å²) in [5.74, 6) is -3.54. The Morgan fingerprint density at radius 1 is 1.00 bits per heavy atom. The van der Waals surface area contributed by atoms with Crippen molar-refractivity contribution in [2.24, 2.45) is 0 Å². The molecule has 0 aliphatic heterocycles. The van der Waals surface area contributed by atoms with E-state index in [0.717, 1.165) is 0 Å². The molecule has 2 atom stereocenters. The van der Waals surface area contributed by atoms with Gasteiger partial charge >= 0.3 is 11.9 Å². The number of aliphatic hydroxyl groups excluding tert-OH is 2. The Labute approximate surface area is 96.7 Å². The van der Waals surface area contributed by atoms with Crippen LogP contribution in [0.25, 0.3) is 0 Å². The Morgan fingerprint density at radius 2 is 1.12 bits per heavy atom. The van der Waals surface area contributed by atoms with Gasteiger partial charge in [-0.1, -0.05) is 12.6 Å². The first-order valence-corrected chi connectivity index (χ1v) is 3.18. The third kappa shape index (κ3) is 15.1. The van der Waals surface area contributed by atoms with Crippen molar-refractivity contribution >= 4 is 24.6 Å². The standard InChI is InChI=1S/C4H6O6.CHNS.3H3N/c5-1(3(7)8)2(6)4(9)10;2-1-3;;;/h1-2,5-6H,(H,7,8)(H,9,10);3H;3*1H3. The molecule has 0 aliphatic carbocycles. The molecule has 98 valence electrons. The van der Waals surface area contributed by atoms with Gasteiger partial charge < -0.3 is 38.9 Å². The smallest absolute Gasteiger partial charge is 0.335 e. The molecule has 0 saturated carbocycles. The Kier molecular flexibility index (Phi) is 29.3. The molecule has 0 heterocycles. The van der Waals surface area contributed by atoms with Gasteiger partial charge in [0, 0.05) is 0 Å². The molecular formula is C5H16N4O6S. The second kappa shape index (κ2) is 16.0. The van der Waals surface area contributed by atoms with Crippen molar-refractivity contribution in [3.63, 3.8) is 0 Å². The lowest BCUT2D eigenvalue weighted by molar-refractivity contribution is -0.165. The van der Waals surface area contributed by atoms with Crippen LogP contribution in [0.5, 0.6) is 0 Å². The van der Waals surface area contributed by atoms with Crippen molar-refractivity contribution in [3.8, 4) is 5.40 Å². The zero-order valence-corrected chi connectivity index (χ0v) is 9.17. The molecule has 0 bridgehead atoms. The molecule has 0 aromatic carbocycles. The zero-order valence-electron chi connectivity index (χ0n) is 8.28. The highest BCUT2D eigenvalue weighted by Crippen LogP contribution is 1.92. The maximum absolute atomic E-state index is 9.77. The summed E-state index contributed by atoms with van der Waals surface area (Å²) in [6.07, 6.45) is -4.53. The van der Waals surface area contributed by atoms with Gasteiger partial charge in [0.2, 0.25) is 0 Å². The van der Waals surface area contributed by atoms with Crippen molar-refractivity contribution < 1.29 is 30.0 Å². The van der Waals surface area contributed by atoms with Gasteiger partial charge in [-0.3, -0.25) is 0 Å². The number of thiocyanates is 1. The van der Waals surface area contributed by atoms with E-state index in [4.69, 9.17) is 25.7 Å². The van der Waals surface area contributed by atoms with Crippen LogP contribution in [0, 0.1) is 10.7 Å².